The topological polar surface area (TPSA) is 121 Å². The van der Waals surface area contributed by atoms with Gasteiger partial charge in [-0.25, -0.2) is 0 Å². The molecule has 0 spiro atoms. The number of rotatable bonds is 4. The maximum atomic E-state index is 12.4. The van der Waals surface area contributed by atoms with E-state index in [2.05, 4.69) is 0 Å². The number of primary amides is 1. The molecule has 1 atom stereocenters. The van der Waals surface area contributed by atoms with Gasteiger partial charge < -0.3 is 20.8 Å². The van der Waals surface area contributed by atoms with E-state index in [0.29, 0.717) is 6.54 Å². The van der Waals surface area contributed by atoms with Crippen LogP contribution in [0.4, 0.5) is 5.69 Å². The number of hydrogen-bond donors (Lipinski definition) is 3. The predicted octanol–water partition coefficient (Wildman–Crippen LogP) is 2.88. The fourth-order valence-corrected chi connectivity index (χ4v) is 3.23. The number of amides is 2. The zero-order valence-corrected chi connectivity index (χ0v) is 16.9. The molecule has 7 nitrogen and oxygen atoms in total. The first-order valence-corrected chi connectivity index (χ1v) is 9.60. The molecular formula is C24H23N2NaO5. The van der Waals surface area contributed by atoms with Gasteiger partial charge in [0.25, 0.3) is 11.8 Å². The number of anilines is 1. The van der Waals surface area contributed by atoms with Gasteiger partial charge in [0, 0.05) is 11.3 Å². The Morgan fingerprint density at radius 3 is 2.09 bits per heavy atom. The molecule has 32 heavy (non-hydrogen) atoms. The van der Waals surface area contributed by atoms with E-state index in [9.17, 15) is 14.4 Å². The first-order valence-electron chi connectivity index (χ1n) is 9.60. The Bertz CT molecular complexity index is 1130. The van der Waals surface area contributed by atoms with Crippen LogP contribution in [0.1, 0.15) is 44.7 Å². The van der Waals surface area contributed by atoms with Gasteiger partial charge in [-0.1, -0.05) is 42.5 Å². The van der Waals surface area contributed by atoms with Gasteiger partial charge >= 0.3 is 35.5 Å². The van der Waals surface area contributed by atoms with E-state index in [-0.39, 0.29) is 46.8 Å². The molecule has 1 unspecified atom stereocenters. The summed E-state index contributed by atoms with van der Waals surface area (Å²) in [6.07, 6.45) is 0. The van der Waals surface area contributed by atoms with Crippen LogP contribution in [-0.2, 0) is 11.3 Å². The van der Waals surface area contributed by atoms with Gasteiger partial charge in [0.05, 0.1) is 18.0 Å². The van der Waals surface area contributed by atoms with Crippen molar-refractivity contribution in [2.24, 2.45) is 5.73 Å². The molecule has 0 bridgehead atoms. The van der Waals surface area contributed by atoms with E-state index in [0.717, 1.165) is 22.4 Å². The summed E-state index contributed by atoms with van der Waals surface area (Å²) in [5.74, 6) is -2.10. The van der Waals surface area contributed by atoms with Gasteiger partial charge in [0.1, 0.15) is 5.75 Å². The van der Waals surface area contributed by atoms with E-state index >= 15 is 0 Å². The molecule has 1 aliphatic rings. The minimum absolute atomic E-state index is 0. The average molecular weight is 442 g/mol. The number of fused-ring (bicyclic) bond motifs is 1. The molecule has 8 heteroatoms. The van der Waals surface area contributed by atoms with E-state index in [1.54, 1.807) is 48.2 Å². The number of carboxylic acid groups (broad SMARTS) is 1. The zero-order chi connectivity index (χ0) is 22.5. The number of para-hydroxylation sites is 1. The van der Waals surface area contributed by atoms with E-state index in [1.165, 1.54) is 12.1 Å². The molecule has 0 fully saturated rings. The van der Waals surface area contributed by atoms with Crippen molar-refractivity contribution in [1.82, 2.24) is 0 Å². The number of carbonyl (C=O) groups is 3. The molecule has 4 N–H and O–H groups in total. The summed E-state index contributed by atoms with van der Waals surface area (Å²) >= 11 is 0. The number of benzene rings is 3. The number of carbonyl (C=O) groups excluding carboxylic acids is 2. The molecule has 3 aromatic carbocycles. The molecular weight excluding hydrogens is 419 g/mol. The Kier molecular flexibility index (Phi) is 8.60. The Hall–Kier alpha value is -3.13. The normalized spacial score (nSPS) is 12.7. The summed E-state index contributed by atoms with van der Waals surface area (Å²) in [4.78, 5) is 35.5. The molecule has 0 aromatic heterocycles. The second kappa shape index (κ2) is 10.9. The van der Waals surface area contributed by atoms with E-state index in [1.807, 2.05) is 24.3 Å². The number of nitrogens with zero attached hydrogens (tertiary/aromatic N) is 1. The molecule has 1 aliphatic heterocycles. The zero-order valence-electron chi connectivity index (χ0n) is 16.9. The van der Waals surface area contributed by atoms with Crippen molar-refractivity contribution >= 4 is 53.0 Å². The molecule has 0 aliphatic carbocycles. The van der Waals surface area contributed by atoms with Gasteiger partial charge in [0.2, 0.25) is 0 Å². The first-order chi connectivity index (χ1) is 14.8. The Morgan fingerprint density at radius 1 is 0.969 bits per heavy atom. The average Bonchev–Trinajstić information content (AvgIpc) is 3.10. The number of aliphatic carboxylic acids is 1. The summed E-state index contributed by atoms with van der Waals surface area (Å²) in [5.41, 5.74) is 8.35. The SMILES string of the molecule is CC(C(=O)O)c1ccc(N2Cc3ccccc3C2=O)cc1.NC(=O)c1ccccc1O.[NaH]. The van der Waals surface area contributed by atoms with Crippen LogP contribution in [0.15, 0.2) is 72.8 Å². The van der Waals surface area contributed by atoms with Crippen molar-refractivity contribution in [2.75, 3.05) is 4.90 Å². The summed E-state index contributed by atoms with van der Waals surface area (Å²) < 4.78 is 0. The van der Waals surface area contributed by atoms with Crippen LogP contribution in [0.25, 0.3) is 0 Å². The molecule has 2 amide bonds. The molecule has 0 radical (unpaired) electrons. The summed E-state index contributed by atoms with van der Waals surface area (Å²) in [5, 5.41) is 18.0. The minimum atomic E-state index is -0.854. The number of aromatic hydroxyl groups is 1. The third-order valence-corrected chi connectivity index (χ3v) is 5.07. The number of nitrogens with two attached hydrogens (primary N) is 1. The summed E-state index contributed by atoms with van der Waals surface area (Å²) in [6, 6.07) is 20.9. The second-order valence-corrected chi connectivity index (χ2v) is 7.08. The van der Waals surface area contributed by atoms with Gasteiger partial charge in [-0.2, -0.15) is 0 Å². The fourth-order valence-electron chi connectivity index (χ4n) is 3.23. The molecule has 3 aromatic rings. The summed E-state index contributed by atoms with van der Waals surface area (Å²) in [7, 11) is 0. The van der Waals surface area contributed by atoms with Crippen LogP contribution < -0.4 is 10.6 Å². The first kappa shape index (κ1) is 25.1. The summed E-state index contributed by atoms with van der Waals surface area (Å²) in [6.45, 7) is 2.21. The van der Waals surface area contributed by atoms with Crippen LogP contribution in [0.3, 0.4) is 0 Å². The number of carboxylic acids is 1. The third kappa shape index (κ3) is 5.56. The number of phenols is 1. The Morgan fingerprint density at radius 2 is 1.56 bits per heavy atom. The van der Waals surface area contributed by atoms with Crippen molar-refractivity contribution < 1.29 is 24.6 Å². The molecule has 160 valence electrons. The monoisotopic (exact) mass is 442 g/mol. The van der Waals surface area contributed by atoms with Crippen LogP contribution in [0.2, 0.25) is 0 Å². The predicted molar refractivity (Wildman–Crippen MR) is 123 cm³/mol. The van der Waals surface area contributed by atoms with Gasteiger partial charge in [-0.15, -0.1) is 0 Å². The van der Waals surface area contributed by atoms with Crippen molar-refractivity contribution in [3.05, 3.63) is 95.1 Å². The third-order valence-electron chi connectivity index (χ3n) is 5.07. The standard InChI is InChI=1S/C17H15NO3.C7H7NO2.Na.H/c1-11(17(20)21)12-6-8-14(9-7-12)18-10-13-4-2-3-5-15(13)16(18)19;8-7(10)5-3-1-2-4-6(5)9;;/h2-9,11H,10H2,1H3,(H,20,21);1-4,9H,(H2,8,10);;. The Labute approximate surface area is 207 Å². The van der Waals surface area contributed by atoms with Crippen molar-refractivity contribution in [2.45, 2.75) is 19.4 Å². The molecule has 1 heterocycles. The van der Waals surface area contributed by atoms with E-state index in [4.69, 9.17) is 15.9 Å². The van der Waals surface area contributed by atoms with Crippen molar-refractivity contribution in [3.8, 4) is 5.75 Å². The second-order valence-electron chi connectivity index (χ2n) is 7.08. The van der Waals surface area contributed by atoms with Crippen LogP contribution in [0, 0.1) is 0 Å². The maximum absolute atomic E-state index is 12.4. The molecule has 0 saturated carbocycles. The van der Waals surface area contributed by atoms with Crippen LogP contribution in [-0.4, -0.2) is 57.6 Å². The van der Waals surface area contributed by atoms with Gasteiger partial charge in [0.15, 0.2) is 0 Å². The molecule has 0 saturated heterocycles. The van der Waals surface area contributed by atoms with Crippen molar-refractivity contribution in [1.29, 1.82) is 0 Å². The van der Waals surface area contributed by atoms with Gasteiger partial charge in [-0.05, 0) is 48.4 Å². The van der Waals surface area contributed by atoms with Gasteiger partial charge in [-0.3, -0.25) is 14.4 Å². The van der Waals surface area contributed by atoms with Crippen LogP contribution >= 0.6 is 0 Å². The molecule has 4 rings (SSSR count). The Balaban J connectivity index is 0.000000280. The quantitative estimate of drug-likeness (QED) is 0.537. The van der Waals surface area contributed by atoms with Crippen LogP contribution in [0.5, 0.6) is 5.75 Å². The number of hydrogen-bond acceptors (Lipinski definition) is 4. The fraction of sp³-hybridized carbons (Fsp3) is 0.125. The van der Waals surface area contributed by atoms with E-state index < -0.39 is 17.8 Å². The van der Waals surface area contributed by atoms with Crippen molar-refractivity contribution in [3.63, 3.8) is 0 Å².